The molecule has 1 N–H and O–H groups in total. The van der Waals surface area contributed by atoms with Crippen LogP contribution in [0.15, 0.2) is 28.8 Å². The van der Waals surface area contributed by atoms with Gasteiger partial charge in [-0.05, 0) is 37.7 Å². The second kappa shape index (κ2) is 6.42. The van der Waals surface area contributed by atoms with E-state index in [1.165, 1.54) is 31.3 Å². The van der Waals surface area contributed by atoms with Crippen molar-refractivity contribution in [3.63, 3.8) is 0 Å². The smallest absolute Gasteiger partial charge is 0.331 e. The van der Waals surface area contributed by atoms with Crippen LogP contribution < -0.4 is 10.4 Å². The molecule has 1 heterocycles. The number of alkyl halides is 3. The molecule has 1 unspecified atom stereocenters. The van der Waals surface area contributed by atoms with Crippen LogP contribution in [0.25, 0.3) is 11.4 Å². The Labute approximate surface area is 130 Å². The lowest BCUT2D eigenvalue weighted by molar-refractivity contribution is 0.0551. The summed E-state index contributed by atoms with van der Waals surface area (Å²) >= 11 is 4.81. The van der Waals surface area contributed by atoms with E-state index in [4.69, 9.17) is 16.1 Å². The van der Waals surface area contributed by atoms with Crippen LogP contribution >= 0.6 is 19.1 Å². The largest absolute Gasteiger partial charge is 0.400 e. The third kappa shape index (κ3) is 3.52. The first-order valence-corrected chi connectivity index (χ1v) is 8.26. The molecule has 0 saturated heterocycles. The number of nitrogens with zero attached hydrogens (tertiary/aromatic N) is 2. The topological polar surface area (TPSA) is 77.2 Å². The van der Waals surface area contributed by atoms with Gasteiger partial charge in [0.05, 0.1) is 11.9 Å². The maximum atomic E-state index is 12.8. The fourth-order valence-corrected chi connectivity index (χ4v) is 3.23. The van der Waals surface area contributed by atoms with Gasteiger partial charge in [-0.3, -0.25) is 4.57 Å². The predicted molar refractivity (Wildman–Crippen MR) is 77.4 cm³/mol. The Morgan fingerprint density at radius 2 is 2.05 bits per heavy atom. The molecule has 2 rings (SSSR count). The van der Waals surface area contributed by atoms with Crippen LogP contribution in [0.3, 0.4) is 0 Å². The highest BCUT2D eigenvalue weighted by Gasteiger charge is 2.35. The first kappa shape index (κ1) is 17.0. The zero-order chi connectivity index (χ0) is 16.4. The SMILES string of the molecule is CCOP(=O)(NC)c1ccc(-c2noc(C(F)(F)Cl)n2)cc1. The van der Waals surface area contributed by atoms with Gasteiger partial charge < -0.3 is 9.05 Å². The molecular weight excluding hydrogens is 339 g/mol. The van der Waals surface area contributed by atoms with Gasteiger partial charge in [0.15, 0.2) is 0 Å². The average Bonchev–Trinajstić information content (AvgIpc) is 2.97. The van der Waals surface area contributed by atoms with Crippen LogP contribution in [0.1, 0.15) is 12.8 Å². The van der Waals surface area contributed by atoms with Gasteiger partial charge in [-0.1, -0.05) is 17.3 Å². The van der Waals surface area contributed by atoms with Gasteiger partial charge in [0, 0.05) is 5.56 Å². The summed E-state index contributed by atoms with van der Waals surface area (Å²) in [5.74, 6) is -1.03. The van der Waals surface area contributed by atoms with E-state index in [0.717, 1.165) is 0 Å². The zero-order valence-corrected chi connectivity index (χ0v) is 13.4. The molecule has 10 heteroatoms. The van der Waals surface area contributed by atoms with Crippen LogP contribution in [0.5, 0.6) is 0 Å². The average molecular weight is 352 g/mol. The molecule has 0 aliphatic rings. The predicted octanol–water partition coefficient (Wildman–Crippen LogP) is 3.10. The lowest BCUT2D eigenvalue weighted by Gasteiger charge is -2.16. The van der Waals surface area contributed by atoms with E-state index in [1.807, 2.05) is 0 Å². The Hall–Kier alpha value is -1.34. The summed E-state index contributed by atoms with van der Waals surface area (Å²) in [6.45, 7) is 2.00. The van der Waals surface area contributed by atoms with E-state index in [0.29, 0.717) is 10.9 Å². The molecule has 120 valence electrons. The van der Waals surface area contributed by atoms with Crippen LogP contribution in [0.2, 0.25) is 0 Å². The molecule has 0 saturated carbocycles. The van der Waals surface area contributed by atoms with Gasteiger partial charge >= 0.3 is 11.3 Å². The van der Waals surface area contributed by atoms with E-state index < -0.39 is 18.8 Å². The zero-order valence-electron chi connectivity index (χ0n) is 11.7. The van der Waals surface area contributed by atoms with Crippen molar-refractivity contribution in [2.24, 2.45) is 0 Å². The number of benzene rings is 1. The Morgan fingerprint density at radius 1 is 1.41 bits per heavy atom. The monoisotopic (exact) mass is 351 g/mol. The lowest BCUT2D eigenvalue weighted by Crippen LogP contribution is -2.18. The second-order valence-electron chi connectivity index (χ2n) is 4.16. The minimum atomic E-state index is -3.72. The van der Waals surface area contributed by atoms with Crippen LogP contribution in [0.4, 0.5) is 8.78 Å². The third-order valence-corrected chi connectivity index (χ3v) is 5.09. The minimum absolute atomic E-state index is 0.0439. The molecular formula is C12H13ClF2N3O3P. The van der Waals surface area contributed by atoms with E-state index in [1.54, 1.807) is 6.92 Å². The summed E-state index contributed by atoms with van der Waals surface area (Å²) in [6.07, 6.45) is 0. The van der Waals surface area contributed by atoms with Crippen molar-refractivity contribution in [1.29, 1.82) is 0 Å². The molecule has 0 bridgehead atoms. The van der Waals surface area contributed by atoms with Crippen molar-refractivity contribution in [2.45, 2.75) is 12.3 Å². The number of hydrogen-bond acceptors (Lipinski definition) is 5. The molecule has 1 atom stereocenters. The lowest BCUT2D eigenvalue weighted by atomic mass is 10.2. The standard InChI is InChI=1S/C12H13ClF2N3O3P/c1-3-20-22(19,16-2)9-6-4-8(5-7-9)10-17-11(21-18-10)12(13,14)15/h4-7H,3H2,1-2H3,(H,16,19). The minimum Gasteiger partial charge on any atom is -0.331 e. The summed E-state index contributed by atoms with van der Waals surface area (Å²) in [4.78, 5) is 3.52. The molecule has 0 spiro atoms. The first-order valence-electron chi connectivity index (χ1n) is 6.25. The van der Waals surface area contributed by atoms with E-state index in [9.17, 15) is 13.3 Å². The van der Waals surface area contributed by atoms with E-state index >= 15 is 0 Å². The van der Waals surface area contributed by atoms with Crippen molar-refractivity contribution < 1.29 is 22.4 Å². The second-order valence-corrected chi connectivity index (χ2v) is 6.96. The number of hydrogen-bond donors (Lipinski definition) is 1. The number of aromatic nitrogens is 2. The Kier molecular flexibility index (Phi) is 4.97. The summed E-state index contributed by atoms with van der Waals surface area (Å²) < 4.78 is 47.8. The molecule has 1 aromatic carbocycles. The molecule has 6 nitrogen and oxygen atoms in total. The molecule has 2 aromatic rings. The summed E-state index contributed by atoms with van der Waals surface area (Å²) in [5, 5.41) is 2.80. The van der Waals surface area contributed by atoms with Crippen molar-refractivity contribution in [2.75, 3.05) is 13.7 Å². The maximum Gasteiger partial charge on any atom is 0.400 e. The summed E-state index contributed by atoms with van der Waals surface area (Å²) in [7, 11) is -1.61. The molecule has 0 aliphatic carbocycles. The summed E-state index contributed by atoms with van der Waals surface area (Å²) in [6, 6.07) is 6.13. The highest BCUT2D eigenvalue weighted by molar-refractivity contribution is 7.65. The van der Waals surface area contributed by atoms with Crippen LogP contribution in [-0.2, 0) is 14.5 Å². The van der Waals surface area contributed by atoms with E-state index in [2.05, 4.69) is 19.8 Å². The quantitative estimate of drug-likeness (QED) is 0.636. The van der Waals surface area contributed by atoms with Gasteiger partial charge in [-0.25, -0.2) is 5.09 Å². The summed E-state index contributed by atoms with van der Waals surface area (Å²) in [5.41, 5.74) is 0.416. The normalized spacial score (nSPS) is 14.8. The van der Waals surface area contributed by atoms with Crippen molar-refractivity contribution in [3.8, 4) is 11.4 Å². The Bertz CT molecular complexity index is 688. The molecule has 0 aliphatic heterocycles. The third-order valence-electron chi connectivity index (χ3n) is 2.74. The highest BCUT2D eigenvalue weighted by Crippen LogP contribution is 2.40. The molecule has 1 aromatic heterocycles. The number of rotatable bonds is 6. The molecule has 22 heavy (non-hydrogen) atoms. The van der Waals surface area contributed by atoms with Gasteiger partial charge in [0.25, 0.3) is 7.52 Å². The van der Waals surface area contributed by atoms with Gasteiger partial charge in [-0.15, -0.1) is 0 Å². The fourth-order valence-electron chi connectivity index (χ4n) is 1.71. The Morgan fingerprint density at radius 3 is 2.50 bits per heavy atom. The van der Waals surface area contributed by atoms with Crippen LogP contribution in [-0.4, -0.2) is 23.8 Å². The Balaban J connectivity index is 2.29. The maximum absolute atomic E-state index is 12.8. The molecule has 0 radical (unpaired) electrons. The van der Waals surface area contributed by atoms with Crippen molar-refractivity contribution in [1.82, 2.24) is 15.2 Å². The van der Waals surface area contributed by atoms with Crippen LogP contribution in [0, 0.1) is 0 Å². The fraction of sp³-hybridized carbons (Fsp3) is 0.333. The number of nitrogens with one attached hydrogen (secondary N) is 1. The molecule has 0 amide bonds. The van der Waals surface area contributed by atoms with E-state index in [-0.39, 0.29) is 12.4 Å². The first-order chi connectivity index (χ1) is 10.3. The van der Waals surface area contributed by atoms with Crippen molar-refractivity contribution >= 4 is 24.4 Å². The number of halogens is 3. The molecule has 0 fully saturated rings. The van der Waals surface area contributed by atoms with Crippen molar-refractivity contribution in [3.05, 3.63) is 30.2 Å². The van der Waals surface area contributed by atoms with Gasteiger partial charge in [0.2, 0.25) is 5.82 Å². The highest BCUT2D eigenvalue weighted by atomic mass is 35.5. The van der Waals surface area contributed by atoms with Gasteiger partial charge in [-0.2, -0.15) is 13.8 Å². The van der Waals surface area contributed by atoms with Gasteiger partial charge in [0.1, 0.15) is 0 Å².